The Morgan fingerprint density at radius 2 is 2.57 bits per heavy atom. The van der Waals surface area contributed by atoms with Crippen molar-refractivity contribution in [3.8, 4) is 0 Å². The van der Waals surface area contributed by atoms with Crippen molar-refractivity contribution in [1.82, 2.24) is 5.23 Å². The summed E-state index contributed by atoms with van der Waals surface area (Å²) in [6, 6.07) is 0.685. The minimum atomic E-state index is 0.685. The third kappa shape index (κ3) is 0.431. The SMILES string of the molecule is [B]1NC2C=CC1C2. The molecule has 2 rings (SSSR count). The number of allylic oxidation sites excluding steroid dienone is 1. The van der Waals surface area contributed by atoms with Gasteiger partial charge in [0.05, 0.1) is 0 Å². The summed E-state index contributed by atoms with van der Waals surface area (Å²) in [5, 5.41) is 3.24. The molecule has 2 bridgehead atoms. The molecule has 1 fully saturated rings. The fraction of sp³-hybridized carbons (Fsp3) is 0.600. The van der Waals surface area contributed by atoms with Gasteiger partial charge in [-0.05, 0) is 12.2 Å². The Labute approximate surface area is 44.1 Å². The summed E-state index contributed by atoms with van der Waals surface area (Å²) in [6.45, 7) is 0. The number of fused-ring (bicyclic) bond motifs is 2. The highest BCUT2D eigenvalue weighted by molar-refractivity contribution is 6.37. The summed E-state index contributed by atoms with van der Waals surface area (Å²) in [5.41, 5.74) is 0. The largest absolute Gasteiger partial charge is 0.354 e. The molecule has 1 nitrogen and oxygen atoms in total. The van der Waals surface area contributed by atoms with E-state index < -0.39 is 0 Å². The fourth-order valence-electron chi connectivity index (χ4n) is 1.22. The van der Waals surface area contributed by atoms with Crippen LogP contribution in [0.1, 0.15) is 6.42 Å². The van der Waals surface area contributed by atoms with Crippen molar-refractivity contribution in [1.29, 1.82) is 0 Å². The maximum atomic E-state index is 3.24. The van der Waals surface area contributed by atoms with Crippen molar-refractivity contribution in [3.05, 3.63) is 12.2 Å². The summed E-state index contributed by atoms with van der Waals surface area (Å²) in [5.74, 6) is 0.755. The second-order valence-electron chi connectivity index (χ2n) is 2.22. The quantitative estimate of drug-likeness (QED) is 0.335. The molecule has 1 aliphatic heterocycles. The highest BCUT2D eigenvalue weighted by Gasteiger charge is 2.26. The van der Waals surface area contributed by atoms with Crippen LogP contribution < -0.4 is 5.23 Å². The van der Waals surface area contributed by atoms with Gasteiger partial charge in [-0.1, -0.05) is 12.2 Å². The van der Waals surface area contributed by atoms with Gasteiger partial charge in [0.15, 0.2) is 0 Å². The minimum Gasteiger partial charge on any atom is -0.354 e. The zero-order chi connectivity index (χ0) is 4.69. The van der Waals surface area contributed by atoms with Crippen LogP contribution in [0, 0.1) is 0 Å². The van der Waals surface area contributed by atoms with Gasteiger partial charge in [0.25, 0.3) is 0 Å². The molecular formula is C5H7BN. The topological polar surface area (TPSA) is 12.0 Å². The van der Waals surface area contributed by atoms with Crippen molar-refractivity contribution in [2.24, 2.45) is 0 Å². The molecule has 0 aromatic rings. The number of nitrogens with one attached hydrogen (secondary N) is 1. The molecule has 7 heavy (non-hydrogen) atoms. The molecule has 35 valence electrons. The summed E-state index contributed by atoms with van der Waals surface area (Å²) >= 11 is 0. The second kappa shape index (κ2) is 1.13. The van der Waals surface area contributed by atoms with Crippen LogP contribution in [0.5, 0.6) is 0 Å². The third-order valence-corrected chi connectivity index (χ3v) is 1.64. The average molecular weight is 91.9 g/mol. The highest BCUT2D eigenvalue weighted by atomic mass is 14.9. The Hall–Kier alpha value is -0.235. The predicted molar refractivity (Wildman–Crippen MR) is 30.2 cm³/mol. The zero-order valence-corrected chi connectivity index (χ0v) is 4.09. The molecular weight excluding hydrogens is 84.9 g/mol. The van der Waals surface area contributed by atoms with Gasteiger partial charge >= 0.3 is 0 Å². The van der Waals surface area contributed by atoms with Gasteiger partial charge in [-0.15, -0.1) is 0 Å². The smallest absolute Gasteiger partial charge is 0.213 e. The van der Waals surface area contributed by atoms with Crippen molar-refractivity contribution in [2.75, 3.05) is 0 Å². The maximum absolute atomic E-state index is 3.24. The van der Waals surface area contributed by atoms with E-state index in [9.17, 15) is 0 Å². The van der Waals surface area contributed by atoms with E-state index in [0.717, 1.165) is 5.82 Å². The molecule has 1 N–H and O–H groups in total. The first-order valence-corrected chi connectivity index (χ1v) is 2.73. The Balaban J connectivity index is 2.27. The predicted octanol–water partition coefficient (Wildman–Crippen LogP) is 0.326. The van der Waals surface area contributed by atoms with Crippen LogP contribution in [0.15, 0.2) is 12.2 Å². The fourth-order valence-corrected chi connectivity index (χ4v) is 1.22. The second-order valence-corrected chi connectivity index (χ2v) is 2.22. The van der Waals surface area contributed by atoms with Crippen LogP contribution >= 0.6 is 0 Å². The van der Waals surface area contributed by atoms with Crippen LogP contribution in [-0.4, -0.2) is 13.5 Å². The molecule has 1 heterocycles. The lowest BCUT2D eigenvalue weighted by Crippen LogP contribution is -2.22. The summed E-state index contributed by atoms with van der Waals surface area (Å²) in [7, 11) is 2.17. The van der Waals surface area contributed by atoms with E-state index in [-0.39, 0.29) is 0 Å². The van der Waals surface area contributed by atoms with Gasteiger partial charge < -0.3 is 5.23 Å². The molecule has 0 spiro atoms. The summed E-state index contributed by atoms with van der Waals surface area (Å²) < 4.78 is 0. The number of hydrogen-bond acceptors (Lipinski definition) is 1. The Kier molecular flexibility index (Phi) is 0.602. The van der Waals surface area contributed by atoms with Gasteiger partial charge in [0, 0.05) is 6.04 Å². The number of rotatable bonds is 0. The van der Waals surface area contributed by atoms with E-state index in [0.29, 0.717) is 6.04 Å². The normalized spacial score (nSPS) is 44.6. The summed E-state index contributed by atoms with van der Waals surface area (Å²) in [4.78, 5) is 0. The molecule has 1 saturated heterocycles. The van der Waals surface area contributed by atoms with Gasteiger partial charge in [0.2, 0.25) is 7.41 Å². The summed E-state index contributed by atoms with van der Waals surface area (Å²) in [6.07, 6.45) is 5.81. The van der Waals surface area contributed by atoms with Gasteiger partial charge in [-0.2, -0.15) is 0 Å². The lowest BCUT2D eigenvalue weighted by atomic mass is 9.79. The molecule has 2 atom stereocenters. The lowest BCUT2D eigenvalue weighted by Gasteiger charge is -1.99. The van der Waals surface area contributed by atoms with Crippen LogP contribution in [0.2, 0.25) is 5.82 Å². The van der Waals surface area contributed by atoms with Gasteiger partial charge in [-0.3, -0.25) is 0 Å². The first-order chi connectivity index (χ1) is 3.45. The Bertz CT molecular complexity index is 98.6. The molecule has 2 heteroatoms. The van der Waals surface area contributed by atoms with Crippen LogP contribution in [0.3, 0.4) is 0 Å². The molecule has 1 radical (unpaired) electrons. The van der Waals surface area contributed by atoms with Crippen LogP contribution in [0.25, 0.3) is 0 Å². The van der Waals surface area contributed by atoms with E-state index in [4.69, 9.17) is 0 Å². The molecule has 2 unspecified atom stereocenters. The van der Waals surface area contributed by atoms with Crippen LogP contribution in [-0.2, 0) is 0 Å². The molecule has 0 saturated carbocycles. The number of hydrogen-bond donors (Lipinski definition) is 1. The van der Waals surface area contributed by atoms with Gasteiger partial charge in [0.1, 0.15) is 0 Å². The van der Waals surface area contributed by atoms with Crippen molar-refractivity contribution in [3.63, 3.8) is 0 Å². The van der Waals surface area contributed by atoms with E-state index in [1.54, 1.807) is 0 Å². The van der Waals surface area contributed by atoms with Crippen LogP contribution in [0.4, 0.5) is 0 Å². The molecule has 1 aliphatic carbocycles. The van der Waals surface area contributed by atoms with E-state index >= 15 is 0 Å². The van der Waals surface area contributed by atoms with E-state index in [1.807, 2.05) is 0 Å². The third-order valence-electron chi connectivity index (χ3n) is 1.64. The molecule has 0 amide bonds. The average Bonchev–Trinajstić information content (AvgIpc) is 2.22. The van der Waals surface area contributed by atoms with E-state index in [1.165, 1.54) is 6.42 Å². The first-order valence-electron chi connectivity index (χ1n) is 2.73. The van der Waals surface area contributed by atoms with Crippen molar-refractivity contribution in [2.45, 2.75) is 18.3 Å². The monoisotopic (exact) mass is 92.1 g/mol. The maximum Gasteiger partial charge on any atom is 0.213 e. The Morgan fingerprint density at radius 3 is 2.71 bits per heavy atom. The first kappa shape index (κ1) is 3.73. The zero-order valence-electron chi connectivity index (χ0n) is 4.09. The highest BCUT2D eigenvalue weighted by Crippen LogP contribution is 2.26. The lowest BCUT2D eigenvalue weighted by molar-refractivity contribution is 0.782. The van der Waals surface area contributed by atoms with Gasteiger partial charge in [-0.25, -0.2) is 0 Å². The van der Waals surface area contributed by atoms with E-state index in [2.05, 4.69) is 24.8 Å². The Morgan fingerprint density at radius 1 is 1.57 bits per heavy atom. The molecule has 2 aliphatic rings. The van der Waals surface area contributed by atoms with Crippen molar-refractivity contribution >= 4 is 7.41 Å². The minimum absolute atomic E-state index is 0.685. The molecule has 0 aromatic carbocycles. The van der Waals surface area contributed by atoms with Crippen molar-refractivity contribution < 1.29 is 0 Å². The standard InChI is InChI=1S/C5H7BN/c1-2-5-3-4(1)6-7-5/h1-2,4-5,7H,3H2. The molecule has 0 aromatic heterocycles.